The first kappa shape index (κ1) is 14.4. The third-order valence-corrected chi connectivity index (χ3v) is 8.27. The second kappa shape index (κ2) is 5.47. The predicted octanol–water partition coefficient (Wildman–Crippen LogP) is 4.70. The van der Waals surface area contributed by atoms with E-state index in [9.17, 15) is 0 Å². The van der Waals surface area contributed by atoms with Crippen LogP contribution in [0.5, 0.6) is 0 Å². The summed E-state index contributed by atoms with van der Waals surface area (Å²) in [5.74, 6) is 0. The van der Waals surface area contributed by atoms with Crippen LogP contribution in [0.3, 0.4) is 0 Å². The van der Waals surface area contributed by atoms with E-state index >= 15 is 0 Å². The minimum absolute atomic E-state index is 0.318. The fraction of sp³-hybridized carbons (Fsp3) is 0.818. The molecule has 0 fully saturated rings. The summed E-state index contributed by atoms with van der Waals surface area (Å²) in [6, 6.07) is 0. The van der Waals surface area contributed by atoms with Gasteiger partial charge >= 0.3 is 0 Å². The van der Waals surface area contributed by atoms with Gasteiger partial charge in [-0.15, -0.1) is 0 Å². The SMILES string of the molecule is CC(=CBr)CCO[Si](C)(C)C(C)(C)C. The fourth-order valence-electron chi connectivity index (χ4n) is 0.738. The van der Waals surface area contributed by atoms with Gasteiger partial charge in [0.25, 0.3) is 0 Å². The molecule has 0 rings (SSSR count). The smallest absolute Gasteiger partial charge is 0.191 e. The maximum atomic E-state index is 6.04. The highest BCUT2D eigenvalue weighted by molar-refractivity contribution is 9.11. The zero-order chi connectivity index (χ0) is 11.4. The molecule has 1 nitrogen and oxygen atoms in total. The monoisotopic (exact) mass is 278 g/mol. The molecule has 84 valence electrons. The lowest BCUT2D eigenvalue weighted by atomic mass is 10.2. The molecule has 0 aliphatic carbocycles. The maximum absolute atomic E-state index is 6.04. The minimum atomic E-state index is -1.53. The Bertz CT molecular complexity index is 204. The van der Waals surface area contributed by atoms with Crippen LogP contribution in [0.15, 0.2) is 10.6 Å². The predicted molar refractivity (Wildman–Crippen MR) is 70.5 cm³/mol. The summed E-state index contributed by atoms with van der Waals surface area (Å²) >= 11 is 3.33. The van der Waals surface area contributed by atoms with Crippen LogP contribution in [0.1, 0.15) is 34.1 Å². The van der Waals surface area contributed by atoms with Crippen LogP contribution in [0, 0.1) is 0 Å². The molecule has 0 N–H and O–H groups in total. The molecule has 0 aliphatic heterocycles. The van der Waals surface area contributed by atoms with E-state index in [1.54, 1.807) is 0 Å². The highest BCUT2D eigenvalue weighted by atomic mass is 79.9. The lowest BCUT2D eigenvalue weighted by molar-refractivity contribution is 0.292. The van der Waals surface area contributed by atoms with Crippen molar-refractivity contribution in [2.24, 2.45) is 0 Å². The topological polar surface area (TPSA) is 9.23 Å². The van der Waals surface area contributed by atoms with Gasteiger partial charge in [0.2, 0.25) is 0 Å². The Hall–Kier alpha value is 0.397. The van der Waals surface area contributed by atoms with Crippen molar-refractivity contribution in [3.05, 3.63) is 10.6 Å². The molecule has 14 heavy (non-hydrogen) atoms. The van der Waals surface area contributed by atoms with E-state index in [0.29, 0.717) is 5.04 Å². The van der Waals surface area contributed by atoms with Gasteiger partial charge in [-0.1, -0.05) is 42.3 Å². The van der Waals surface area contributed by atoms with Gasteiger partial charge in [0.1, 0.15) is 0 Å². The molecule has 0 radical (unpaired) electrons. The Morgan fingerprint density at radius 2 is 1.86 bits per heavy atom. The zero-order valence-corrected chi connectivity index (χ0v) is 12.9. The average molecular weight is 279 g/mol. The van der Waals surface area contributed by atoms with E-state index in [1.165, 1.54) is 5.57 Å². The third-order valence-electron chi connectivity index (χ3n) is 2.95. The number of halogens is 1. The Kier molecular flexibility index (Phi) is 5.63. The van der Waals surface area contributed by atoms with Crippen molar-refractivity contribution >= 4 is 24.2 Å². The second-order valence-electron chi connectivity index (χ2n) is 5.31. The second-order valence-corrected chi connectivity index (χ2v) is 10.6. The van der Waals surface area contributed by atoms with E-state index in [2.05, 4.69) is 56.7 Å². The molecule has 0 aliphatic rings. The Morgan fingerprint density at radius 3 is 2.21 bits per heavy atom. The van der Waals surface area contributed by atoms with Crippen molar-refractivity contribution in [3.8, 4) is 0 Å². The van der Waals surface area contributed by atoms with Crippen molar-refractivity contribution in [2.75, 3.05) is 6.61 Å². The van der Waals surface area contributed by atoms with Crippen LogP contribution in [0.2, 0.25) is 18.1 Å². The van der Waals surface area contributed by atoms with E-state index in [4.69, 9.17) is 4.43 Å². The first-order valence-electron chi connectivity index (χ1n) is 5.10. The highest BCUT2D eigenvalue weighted by Crippen LogP contribution is 2.36. The Labute approximate surface area is 98.2 Å². The van der Waals surface area contributed by atoms with Gasteiger partial charge in [0.15, 0.2) is 8.32 Å². The van der Waals surface area contributed by atoms with Gasteiger partial charge in [-0.2, -0.15) is 0 Å². The highest BCUT2D eigenvalue weighted by Gasteiger charge is 2.36. The summed E-state index contributed by atoms with van der Waals surface area (Å²) in [5, 5.41) is 0.318. The van der Waals surface area contributed by atoms with Crippen LogP contribution in [-0.4, -0.2) is 14.9 Å². The third kappa shape index (κ3) is 4.76. The molecule has 0 spiro atoms. The van der Waals surface area contributed by atoms with Crippen molar-refractivity contribution in [3.63, 3.8) is 0 Å². The van der Waals surface area contributed by atoms with Crippen molar-refractivity contribution in [2.45, 2.75) is 52.2 Å². The van der Waals surface area contributed by atoms with Gasteiger partial charge in [-0.05, 0) is 36.5 Å². The molecule has 0 aromatic rings. The average Bonchev–Trinajstić information content (AvgIpc) is 2.01. The summed E-state index contributed by atoms with van der Waals surface area (Å²) in [5.41, 5.74) is 1.34. The molecule has 0 aromatic heterocycles. The standard InChI is InChI=1S/C11H23BrOSi/c1-10(9-12)7-8-13-14(5,6)11(2,3)4/h9H,7-8H2,1-6H3. The Morgan fingerprint density at radius 1 is 1.36 bits per heavy atom. The van der Waals surface area contributed by atoms with Crippen molar-refractivity contribution in [1.82, 2.24) is 0 Å². The number of hydrogen-bond acceptors (Lipinski definition) is 1. The molecule has 0 heterocycles. The summed E-state index contributed by atoms with van der Waals surface area (Å²) < 4.78 is 6.04. The van der Waals surface area contributed by atoms with E-state index in [1.807, 2.05) is 4.99 Å². The molecule has 0 aromatic carbocycles. The summed E-state index contributed by atoms with van der Waals surface area (Å²) in [7, 11) is -1.53. The van der Waals surface area contributed by atoms with Gasteiger partial charge in [0.05, 0.1) is 0 Å². The van der Waals surface area contributed by atoms with Gasteiger partial charge in [-0.25, -0.2) is 0 Å². The Balaban J connectivity index is 4.01. The molecular weight excluding hydrogens is 256 g/mol. The lowest BCUT2D eigenvalue weighted by Crippen LogP contribution is -2.40. The van der Waals surface area contributed by atoms with Gasteiger partial charge < -0.3 is 4.43 Å². The first-order chi connectivity index (χ1) is 6.20. The molecule has 0 unspecified atom stereocenters. The maximum Gasteiger partial charge on any atom is 0.191 e. The minimum Gasteiger partial charge on any atom is -0.417 e. The molecule has 0 amide bonds. The van der Waals surface area contributed by atoms with E-state index in [0.717, 1.165) is 13.0 Å². The molecule has 0 atom stereocenters. The molecule has 0 saturated heterocycles. The van der Waals surface area contributed by atoms with Crippen LogP contribution >= 0.6 is 15.9 Å². The molecular formula is C11H23BrOSi. The molecule has 0 saturated carbocycles. The summed E-state index contributed by atoms with van der Waals surface area (Å²) in [4.78, 5) is 1.97. The number of hydrogen-bond donors (Lipinski definition) is 0. The van der Waals surface area contributed by atoms with E-state index in [-0.39, 0.29) is 0 Å². The van der Waals surface area contributed by atoms with Crippen molar-refractivity contribution < 1.29 is 4.43 Å². The summed E-state index contributed by atoms with van der Waals surface area (Å²) in [6.07, 6.45) is 1.03. The van der Waals surface area contributed by atoms with E-state index < -0.39 is 8.32 Å². The first-order valence-corrected chi connectivity index (χ1v) is 8.93. The quantitative estimate of drug-likeness (QED) is 0.678. The zero-order valence-electron chi connectivity index (χ0n) is 10.3. The van der Waals surface area contributed by atoms with Crippen LogP contribution < -0.4 is 0 Å². The van der Waals surface area contributed by atoms with Crippen LogP contribution in [0.25, 0.3) is 0 Å². The normalized spacial score (nSPS) is 14.6. The molecule has 3 heteroatoms. The fourth-order valence-corrected chi connectivity index (χ4v) is 2.01. The van der Waals surface area contributed by atoms with Gasteiger partial charge in [0, 0.05) is 6.61 Å². The largest absolute Gasteiger partial charge is 0.417 e. The van der Waals surface area contributed by atoms with Crippen LogP contribution in [0.4, 0.5) is 0 Å². The molecule has 0 bridgehead atoms. The van der Waals surface area contributed by atoms with Crippen LogP contribution in [-0.2, 0) is 4.43 Å². The number of rotatable bonds is 4. The van der Waals surface area contributed by atoms with Gasteiger partial charge in [-0.3, -0.25) is 0 Å². The van der Waals surface area contributed by atoms with Crippen molar-refractivity contribution in [1.29, 1.82) is 0 Å². The summed E-state index contributed by atoms with van der Waals surface area (Å²) in [6.45, 7) is 14.4. The lowest BCUT2D eigenvalue weighted by Gasteiger charge is -2.36.